The highest BCUT2D eigenvalue weighted by atomic mass is 31.2. The van der Waals surface area contributed by atoms with E-state index < -0.39 is 18.4 Å². The molecule has 8 nitrogen and oxygen atoms in total. The zero-order chi connectivity index (χ0) is 15.5. The number of nitrogens with zero attached hydrogens (tertiary/aromatic N) is 1. The van der Waals surface area contributed by atoms with Gasteiger partial charge in [-0.3, -0.25) is 15.0 Å². The number of benzene rings is 2. The Bertz CT molecular complexity index is 701. The fraction of sp³-hybridized carbons (Fsp3) is 0. The predicted octanol–water partition coefficient (Wildman–Crippen LogP) is 2.86. The van der Waals surface area contributed by atoms with E-state index in [2.05, 4.69) is 0 Å². The Kier molecular flexibility index (Phi) is 4.11. The van der Waals surface area contributed by atoms with Gasteiger partial charge in [-0.25, -0.2) is 4.57 Å². The van der Waals surface area contributed by atoms with Crippen LogP contribution in [0.25, 0.3) is 0 Å². The summed E-state index contributed by atoms with van der Waals surface area (Å²) in [5.74, 6) is -0.459. The number of hydrogen-bond donors (Lipinski definition) is 2. The van der Waals surface area contributed by atoms with E-state index in [0.29, 0.717) is 0 Å². The maximum atomic E-state index is 11.8. The van der Waals surface area contributed by atoms with Crippen LogP contribution in [0.5, 0.6) is 17.2 Å². The Labute approximate surface area is 119 Å². The molecule has 0 radical (unpaired) electrons. The zero-order valence-electron chi connectivity index (χ0n) is 10.4. The Morgan fingerprint density at radius 3 is 2.29 bits per heavy atom. The lowest BCUT2D eigenvalue weighted by Crippen LogP contribution is -2.01. The number of phenolic OH excluding ortho intramolecular Hbond substituents is 1. The van der Waals surface area contributed by atoms with Crippen LogP contribution in [0.2, 0.25) is 0 Å². The summed E-state index contributed by atoms with van der Waals surface area (Å²) in [5, 5.41) is 19.9. The van der Waals surface area contributed by atoms with Crippen LogP contribution in [0.15, 0.2) is 48.5 Å². The van der Waals surface area contributed by atoms with Gasteiger partial charge in [0.1, 0.15) is 11.5 Å². The molecule has 0 heterocycles. The first-order valence-electron chi connectivity index (χ1n) is 5.62. The predicted molar refractivity (Wildman–Crippen MR) is 72.3 cm³/mol. The van der Waals surface area contributed by atoms with Crippen molar-refractivity contribution >= 4 is 13.5 Å². The molecule has 2 N–H and O–H groups in total. The third kappa shape index (κ3) is 3.95. The molecule has 0 aliphatic heterocycles. The minimum Gasteiger partial charge on any atom is -0.508 e. The summed E-state index contributed by atoms with van der Waals surface area (Å²) in [5.41, 5.74) is -0.457. The number of phosphoric acid groups is 1. The van der Waals surface area contributed by atoms with Crippen molar-refractivity contribution in [3.63, 3.8) is 0 Å². The van der Waals surface area contributed by atoms with Crippen LogP contribution in [-0.4, -0.2) is 14.9 Å². The van der Waals surface area contributed by atoms with Gasteiger partial charge in [-0.1, -0.05) is 12.1 Å². The Hall–Kier alpha value is -2.57. The molecular formula is C12H10NO7P. The zero-order valence-corrected chi connectivity index (χ0v) is 11.3. The van der Waals surface area contributed by atoms with E-state index >= 15 is 0 Å². The number of aromatic hydroxyl groups is 1. The van der Waals surface area contributed by atoms with Crippen molar-refractivity contribution in [2.24, 2.45) is 0 Å². The number of phosphoric ester groups is 1. The lowest BCUT2D eigenvalue weighted by atomic mass is 10.3. The summed E-state index contributed by atoms with van der Waals surface area (Å²) >= 11 is 0. The Balaban J connectivity index is 2.19. The van der Waals surface area contributed by atoms with Gasteiger partial charge >= 0.3 is 13.5 Å². The van der Waals surface area contributed by atoms with Gasteiger partial charge in [0.15, 0.2) is 0 Å². The van der Waals surface area contributed by atoms with Crippen LogP contribution in [-0.2, 0) is 4.57 Å². The molecule has 0 spiro atoms. The van der Waals surface area contributed by atoms with E-state index in [1.54, 1.807) is 0 Å². The fourth-order valence-corrected chi connectivity index (χ4v) is 2.30. The number of rotatable bonds is 5. The number of phenols is 1. The first kappa shape index (κ1) is 14.8. The topological polar surface area (TPSA) is 119 Å². The second-order valence-corrected chi connectivity index (χ2v) is 5.17. The van der Waals surface area contributed by atoms with Gasteiger partial charge in [-0.05, 0) is 30.3 Å². The largest absolute Gasteiger partial charge is 0.585 e. The summed E-state index contributed by atoms with van der Waals surface area (Å²) < 4.78 is 21.3. The van der Waals surface area contributed by atoms with Crippen molar-refractivity contribution in [2.45, 2.75) is 0 Å². The quantitative estimate of drug-likeness (QED) is 0.495. The van der Waals surface area contributed by atoms with Gasteiger partial charge in [0, 0.05) is 6.07 Å². The average Bonchev–Trinajstić information content (AvgIpc) is 2.41. The molecule has 2 aromatic carbocycles. The van der Waals surface area contributed by atoms with Crippen LogP contribution >= 0.6 is 7.82 Å². The normalized spacial score (nSPS) is 13.2. The van der Waals surface area contributed by atoms with Crippen LogP contribution in [0.3, 0.4) is 0 Å². The van der Waals surface area contributed by atoms with Gasteiger partial charge in [0.05, 0.1) is 4.92 Å². The van der Waals surface area contributed by atoms with Crippen molar-refractivity contribution in [1.82, 2.24) is 0 Å². The molecule has 21 heavy (non-hydrogen) atoms. The minimum atomic E-state index is -4.60. The van der Waals surface area contributed by atoms with Crippen LogP contribution in [0.4, 0.5) is 5.69 Å². The maximum Gasteiger partial charge on any atom is 0.585 e. The first-order valence-corrected chi connectivity index (χ1v) is 7.11. The van der Waals surface area contributed by atoms with E-state index in [9.17, 15) is 19.6 Å². The number of para-hydroxylation sites is 2. The van der Waals surface area contributed by atoms with Crippen molar-refractivity contribution in [3.05, 3.63) is 58.6 Å². The Morgan fingerprint density at radius 2 is 1.67 bits per heavy atom. The standard InChI is InChI=1S/C12H10NO7P/c14-9-5-7-10(8-6-9)19-21(17,18)20-12-4-2-1-3-11(12)13(15)16/h1-8,14H,(H,17,18). The number of hydrogen-bond acceptors (Lipinski definition) is 6. The molecule has 9 heteroatoms. The summed E-state index contributed by atoms with van der Waals surface area (Å²) in [6.45, 7) is 0. The molecular weight excluding hydrogens is 301 g/mol. The molecule has 0 bridgehead atoms. The lowest BCUT2D eigenvalue weighted by Gasteiger charge is -2.13. The summed E-state index contributed by atoms with van der Waals surface area (Å²) in [4.78, 5) is 19.7. The molecule has 0 aromatic heterocycles. The third-order valence-corrected chi connectivity index (χ3v) is 3.20. The number of nitro groups is 1. The fourth-order valence-electron chi connectivity index (χ4n) is 1.47. The molecule has 0 saturated carbocycles. The first-order chi connectivity index (χ1) is 9.87. The summed E-state index contributed by atoms with van der Waals surface area (Å²) in [7, 11) is -4.60. The molecule has 110 valence electrons. The molecule has 2 aromatic rings. The highest BCUT2D eigenvalue weighted by Crippen LogP contribution is 2.46. The van der Waals surface area contributed by atoms with E-state index in [4.69, 9.17) is 14.2 Å². The van der Waals surface area contributed by atoms with E-state index in [1.807, 2.05) is 0 Å². The van der Waals surface area contributed by atoms with E-state index in [1.165, 1.54) is 42.5 Å². The monoisotopic (exact) mass is 311 g/mol. The summed E-state index contributed by atoms with van der Waals surface area (Å²) in [6.07, 6.45) is 0. The van der Waals surface area contributed by atoms with Crippen molar-refractivity contribution < 1.29 is 28.5 Å². The Morgan fingerprint density at radius 1 is 1.05 bits per heavy atom. The van der Waals surface area contributed by atoms with Gasteiger partial charge in [-0.15, -0.1) is 0 Å². The molecule has 2 rings (SSSR count). The third-order valence-electron chi connectivity index (χ3n) is 2.33. The second-order valence-electron chi connectivity index (χ2n) is 3.87. The smallest absolute Gasteiger partial charge is 0.508 e. The lowest BCUT2D eigenvalue weighted by molar-refractivity contribution is -0.385. The number of nitro benzene ring substituents is 1. The van der Waals surface area contributed by atoms with Crippen LogP contribution in [0, 0.1) is 10.1 Å². The second kappa shape index (κ2) is 5.82. The van der Waals surface area contributed by atoms with Crippen molar-refractivity contribution in [2.75, 3.05) is 0 Å². The summed E-state index contributed by atoms with van der Waals surface area (Å²) in [6, 6.07) is 10.1. The highest BCUT2D eigenvalue weighted by Gasteiger charge is 2.29. The molecule has 1 atom stereocenters. The van der Waals surface area contributed by atoms with Gasteiger partial charge in [0.25, 0.3) is 0 Å². The van der Waals surface area contributed by atoms with E-state index in [-0.39, 0.29) is 17.2 Å². The van der Waals surface area contributed by atoms with Gasteiger partial charge in [0.2, 0.25) is 5.75 Å². The molecule has 0 amide bonds. The maximum absolute atomic E-state index is 11.8. The molecule has 0 fully saturated rings. The van der Waals surface area contributed by atoms with Crippen LogP contribution in [0.1, 0.15) is 0 Å². The molecule has 0 aliphatic rings. The van der Waals surface area contributed by atoms with Crippen LogP contribution < -0.4 is 9.05 Å². The van der Waals surface area contributed by atoms with Crippen molar-refractivity contribution in [1.29, 1.82) is 0 Å². The van der Waals surface area contributed by atoms with E-state index in [0.717, 1.165) is 6.07 Å². The molecule has 1 unspecified atom stereocenters. The molecule has 0 aliphatic carbocycles. The highest BCUT2D eigenvalue weighted by molar-refractivity contribution is 7.48. The molecule has 0 saturated heterocycles. The average molecular weight is 311 g/mol. The SMILES string of the molecule is O=[N+]([O-])c1ccccc1OP(=O)(O)Oc1ccc(O)cc1. The van der Waals surface area contributed by atoms with Gasteiger partial charge < -0.3 is 14.2 Å². The van der Waals surface area contributed by atoms with Gasteiger partial charge in [-0.2, -0.15) is 0 Å². The minimum absolute atomic E-state index is 0.0304. The van der Waals surface area contributed by atoms with Crippen molar-refractivity contribution in [3.8, 4) is 17.2 Å².